The fraction of sp³-hybridized carbons (Fsp3) is 0.200. The van der Waals surface area contributed by atoms with Crippen LogP contribution >= 0.6 is 11.6 Å². The number of esters is 1. The molecule has 0 atom stereocenters. The van der Waals surface area contributed by atoms with Crippen molar-refractivity contribution in [1.82, 2.24) is 4.98 Å². The van der Waals surface area contributed by atoms with E-state index >= 15 is 0 Å². The SMILES string of the molecule is Cc1cc(C)c(OC(=O)c2cccnc2Cl)c(C)c1. The number of carbonyl (C=O) groups excluding carboxylic acids is 1. The summed E-state index contributed by atoms with van der Waals surface area (Å²) in [6.45, 7) is 5.82. The van der Waals surface area contributed by atoms with Gasteiger partial charge in [0.05, 0.1) is 5.56 Å². The van der Waals surface area contributed by atoms with Gasteiger partial charge in [-0.05, 0) is 44.0 Å². The van der Waals surface area contributed by atoms with E-state index in [1.165, 1.54) is 6.20 Å². The minimum Gasteiger partial charge on any atom is -0.422 e. The Bertz CT molecular complexity index is 615. The first-order chi connectivity index (χ1) is 8.99. The van der Waals surface area contributed by atoms with Gasteiger partial charge in [0.2, 0.25) is 0 Å². The molecule has 0 radical (unpaired) electrons. The maximum atomic E-state index is 12.1. The topological polar surface area (TPSA) is 39.2 Å². The molecule has 2 rings (SSSR count). The van der Waals surface area contributed by atoms with Gasteiger partial charge in [0, 0.05) is 6.20 Å². The zero-order chi connectivity index (χ0) is 14.0. The maximum Gasteiger partial charge on any atom is 0.346 e. The van der Waals surface area contributed by atoms with E-state index < -0.39 is 5.97 Å². The van der Waals surface area contributed by atoms with E-state index in [1.807, 2.05) is 32.9 Å². The molecule has 0 fully saturated rings. The highest BCUT2D eigenvalue weighted by molar-refractivity contribution is 6.32. The summed E-state index contributed by atoms with van der Waals surface area (Å²) in [6.07, 6.45) is 1.53. The average molecular weight is 276 g/mol. The first-order valence-corrected chi connectivity index (χ1v) is 6.27. The maximum absolute atomic E-state index is 12.1. The van der Waals surface area contributed by atoms with Gasteiger partial charge in [0.1, 0.15) is 10.9 Å². The van der Waals surface area contributed by atoms with Crippen LogP contribution in [0, 0.1) is 20.8 Å². The molecule has 3 nitrogen and oxygen atoms in total. The molecule has 0 bridgehead atoms. The Labute approximate surface area is 117 Å². The smallest absolute Gasteiger partial charge is 0.346 e. The summed E-state index contributed by atoms with van der Waals surface area (Å²) >= 11 is 5.88. The lowest BCUT2D eigenvalue weighted by molar-refractivity contribution is 0.0732. The van der Waals surface area contributed by atoms with Crippen LogP contribution in [0.1, 0.15) is 27.0 Å². The zero-order valence-electron chi connectivity index (χ0n) is 11.0. The minimum atomic E-state index is -0.492. The van der Waals surface area contributed by atoms with Crippen molar-refractivity contribution in [1.29, 1.82) is 0 Å². The van der Waals surface area contributed by atoms with E-state index in [9.17, 15) is 4.79 Å². The first kappa shape index (κ1) is 13.6. The molecule has 2 aromatic rings. The van der Waals surface area contributed by atoms with Crippen molar-refractivity contribution in [3.8, 4) is 5.75 Å². The molecule has 0 aliphatic rings. The second kappa shape index (κ2) is 5.41. The zero-order valence-corrected chi connectivity index (χ0v) is 11.8. The second-order valence-corrected chi connectivity index (χ2v) is 4.82. The van der Waals surface area contributed by atoms with Gasteiger partial charge in [-0.25, -0.2) is 9.78 Å². The Kier molecular flexibility index (Phi) is 3.86. The van der Waals surface area contributed by atoms with Crippen molar-refractivity contribution in [2.45, 2.75) is 20.8 Å². The van der Waals surface area contributed by atoms with E-state index in [1.54, 1.807) is 12.1 Å². The highest BCUT2D eigenvalue weighted by Crippen LogP contribution is 2.26. The van der Waals surface area contributed by atoms with Gasteiger partial charge in [-0.2, -0.15) is 0 Å². The lowest BCUT2D eigenvalue weighted by Gasteiger charge is -2.11. The van der Waals surface area contributed by atoms with E-state index in [2.05, 4.69) is 4.98 Å². The van der Waals surface area contributed by atoms with Gasteiger partial charge in [-0.3, -0.25) is 0 Å². The quantitative estimate of drug-likeness (QED) is 0.474. The number of rotatable bonds is 2. The summed E-state index contributed by atoms with van der Waals surface area (Å²) in [4.78, 5) is 15.9. The molecule has 1 aromatic heterocycles. The molecule has 0 saturated carbocycles. The number of aromatic nitrogens is 1. The molecule has 0 aliphatic carbocycles. The van der Waals surface area contributed by atoms with E-state index in [0.717, 1.165) is 16.7 Å². The lowest BCUT2D eigenvalue weighted by atomic mass is 10.1. The van der Waals surface area contributed by atoms with Gasteiger partial charge >= 0.3 is 5.97 Å². The van der Waals surface area contributed by atoms with Crippen molar-refractivity contribution in [2.24, 2.45) is 0 Å². The average Bonchev–Trinajstić information content (AvgIpc) is 2.34. The molecule has 0 saturated heterocycles. The van der Waals surface area contributed by atoms with Gasteiger partial charge in [0.25, 0.3) is 0 Å². The number of aryl methyl sites for hydroxylation is 3. The van der Waals surface area contributed by atoms with Gasteiger partial charge in [-0.15, -0.1) is 0 Å². The summed E-state index contributed by atoms with van der Waals surface area (Å²) < 4.78 is 5.43. The van der Waals surface area contributed by atoms with Crippen LogP contribution in [0.15, 0.2) is 30.5 Å². The monoisotopic (exact) mass is 275 g/mol. The Morgan fingerprint density at radius 3 is 2.42 bits per heavy atom. The molecule has 19 heavy (non-hydrogen) atoms. The summed E-state index contributed by atoms with van der Waals surface area (Å²) in [7, 11) is 0. The Hall–Kier alpha value is -1.87. The van der Waals surface area contributed by atoms with Gasteiger partial charge < -0.3 is 4.74 Å². The Balaban J connectivity index is 2.32. The molecular weight excluding hydrogens is 262 g/mol. The highest BCUT2D eigenvalue weighted by Gasteiger charge is 2.15. The summed E-state index contributed by atoms with van der Waals surface area (Å²) in [5.74, 6) is 0.0867. The molecule has 4 heteroatoms. The summed E-state index contributed by atoms with van der Waals surface area (Å²) in [5, 5.41) is 0.148. The third kappa shape index (κ3) is 2.93. The summed E-state index contributed by atoms with van der Waals surface area (Å²) in [5.41, 5.74) is 3.24. The lowest BCUT2D eigenvalue weighted by Crippen LogP contribution is -2.11. The third-order valence-corrected chi connectivity index (χ3v) is 3.08. The van der Waals surface area contributed by atoms with Crippen LogP contribution in [0.25, 0.3) is 0 Å². The van der Waals surface area contributed by atoms with Crippen molar-refractivity contribution >= 4 is 17.6 Å². The van der Waals surface area contributed by atoms with E-state index in [-0.39, 0.29) is 10.7 Å². The number of ether oxygens (including phenoxy) is 1. The molecule has 0 N–H and O–H groups in total. The Morgan fingerprint density at radius 2 is 1.84 bits per heavy atom. The van der Waals surface area contributed by atoms with Gasteiger partial charge in [-0.1, -0.05) is 29.3 Å². The number of carbonyl (C=O) groups is 1. The van der Waals surface area contributed by atoms with Crippen molar-refractivity contribution in [2.75, 3.05) is 0 Å². The third-order valence-electron chi connectivity index (χ3n) is 2.78. The van der Waals surface area contributed by atoms with Crippen molar-refractivity contribution < 1.29 is 9.53 Å². The van der Waals surface area contributed by atoms with Crippen molar-refractivity contribution in [3.05, 3.63) is 57.9 Å². The molecule has 0 amide bonds. The fourth-order valence-electron chi connectivity index (χ4n) is 2.01. The molecule has 0 aliphatic heterocycles. The molecular formula is C15H14ClNO2. The predicted octanol–water partition coefficient (Wildman–Crippen LogP) is 3.88. The van der Waals surface area contributed by atoms with Crippen LogP contribution < -0.4 is 4.74 Å². The van der Waals surface area contributed by atoms with Crippen LogP contribution in [0.5, 0.6) is 5.75 Å². The molecule has 0 spiro atoms. The van der Waals surface area contributed by atoms with E-state index in [0.29, 0.717) is 5.75 Å². The standard InChI is InChI=1S/C15H14ClNO2/c1-9-7-10(2)13(11(3)8-9)19-15(18)12-5-4-6-17-14(12)16/h4-8H,1-3H3. The minimum absolute atomic E-state index is 0.148. The number of pyridine rings is 1. The first-order valence-electron chi connectivity index (χ1n) is 5.89. The molecule has 0 unspecified atom stereocenters. The molecule has 98 valence electrons. The number of hydrogen-bond donors (Lipinski definition) is 0. The highest BCUT2D eigenvalue weighted by atomic mass is 35.5. The summed E-state index contributed by atoms with van der Waals surface area (Å²) in [6, 6.07) is 7.19. The number of hydrogen-bond acceptors (Lipinski definition) is 3. The van der Waals surface area contributed by atoms with Crippen LogP contribution in [0.2, 0.25) is 5.15 Å². The van der Waals surface area contributed by atoms with Crippen LogP contribution in [0.3, 0.4) is 0 Å². The predicted molar refractivity (Wildman–Crippen MR) is 74.9 cm³/mol. The Morgan fingerprint density at radius 1 is 1.21 bits per heavy atom. The van der Waals surface area contributed by atoms with Crippen LogP contribution in [0.4, 0.5) is 0 Å². The normalized spacial score (nSPS) is 10.3. The molecule has 1 heterocycles. The van der Waals surface area contributed by atoms with Gasteiger partial charge in [0.15, 0.2) is 0 Å². The number of halogens is 1. The van der Waals surface area contributed by atoms with E-state index in [4.69, 9.17) is 16.3 Å². The second-order valence-electron chi connectivity index (χ2n) is 4.46. The number of benzene rings is 1. The van der Waals surface area contributed by atoms with Crippen LogP contribution in [-0.2, 0) is 0 Å². The fourth-order valence-corrected chi connectivity index (χ4v) is 2.21. The van der Waals surface area contributed by atoms with Crippen LogP contribution in [-0.4, -0.2) is 11.0 Å². The molecule has 1 aromatic carbocycles. The largest absolute Gasteiger partial charge is 0.422 e. The van der Waals surface area contributed by atoms with Crippen molar-refractivity contribution in [3.63, 3.8) is 0 Å². The number of nitrogens with zero attached hydrogens (tertiary/aromatic N) is 1.